The number of aromatic amines is 1. The molecular formula is C13H14N2O3. The fraction of sp³-hybridized carbons (Fsp3) is 0.308. The third-order valence-electron chi connectivity index (χ3n) is 3.34. The first-order valence-electron chi connectivity index (χ1n) is 5.88. The molecule has 1 saturated heterocycles. The molecule has 0 radical (unpaired) electrons. The predicted octanol–water partition coefficient (Wildman–Crippen LogP) is 0.0699. The minimum Gasteiger partial charge on any atom is -0.389 e. The van der Waals surface area contributed by atoms with Crippen molar-refractivity contribution in [1.29, 1.82) is 0 Å². The van der Waals surface area contributed by atoms with Gasteiger partial charge in [-0.2, -0.15) is 0 Å². The van der Waals surface area contributed by atoms with Crippen LogP contribution in [0.1, 0.15) is 0 Å². The summed E-state index contributed by atoms with van der Waals surface area (Å²) in [6.07, 6.45) is -1.53. The quantitative estimate of drug-likeness (QED) is 0.665. The molecule has 0 spiro atoms. The van der Waals surface area contributed by atoms with Crippen molar-refractivity contribution in [2.24, 2.45) is 0 Å². The zero-order chi connectivity index (χ0) is 12.7. The van der Waals surface area contributed by atoms with E-state index in [0.29, 0.717) is 24.3 Å². The van der Waals surface area contributed by atoms with Crippen LogP contribution < -0.4 is 10.5 Å². The zero-order valence-electron chi connectivity index (χ0n) is 9.71. The Labute approximate surface area is 103 Å². The lowest BCUT2D eigenvalue weighted by atomic mass is 10.2. The molecule has 5 nitrogen and oxygen atoms in total. The summed E-state index contributed by atoms with van der Waals surface area (Å²) in [6, 6.07) is 9.20. The third-order valence-corrected chi connectivity index (χ3v) is 3.34. The molecule has 1 fully saturated rings. The molecule has 2 atom stereocenters. The molecule has 3 N–H and O–H groups in total. The molecule has 1 aliphatic rings. The number of aliphatic hydroxyl groups excluding tert-OH is 2. The van der Waals surface area contributed by atoms with Crippen molar-refractivity contribution >= 4 is 16.6 Å². The molecule has 1 aromatic heterocycles. The van der Waals surface area contributed by atoms with Crippen molar-refractivity contribution in [2.75, 3.05) is 18.0 Å². The summed E-state index contributed by atoms with van der Waals surface area (Å²) in [6.45, 7) is 0.658. The van der Waals surface area contributed by atoms with E-state index in [2.05, 4.69) is 4.98 Å². The molecule has 3 rings (SSSR count). The average Bonchev–Trinajstić information content (AvgIpc) is 2.70. The van der Waals surface area contributed by atoms with Gasteiger partial charge in [-0.15, -0.1) is 0 Å². The molecule has 5 heteroatoms. The predicted molar refractivity (Wildman–Crippen MR) is 68.8 cm³/mol. The number of hydrogen-bond donors (Lipinski definition) is 3. The average molecular weight is 246 g/mol. The lowest BCUT2D eigenvalue weighted by molar-refractivity contribution is 0.0572. The van der Waals surface area contributed by atoms with Gasteiger partial charge in [0.1, 0.15) is 5.82 Å². The molecule has 2 heterocycles. The number of fused-ring (bicyclic) bond motifs is 1. The van der Waals surface area contributed by atoms with Gasteiger partial charge in [-0.25, -0.2) is 0 Å². The van der Waals surface area contributed by atoms with Crippen LogP contribution in [0.2, 0.25) is 0 Å². The number of H-pyrrole nitrogens is 1. The maximum atomic E-state index is 11.9. The van der Waals surface area contributed by atoms with Crippen molar-refractivity contribution in [2.45, 2.75) is 12.2 Å². The Bertz CT molecular complexity index is 627. The fourth-order valence-corrected chi connectivity index (χ4v) is 2.33. The van der Waals surface area contributed by atoms with Gasteiger partial charge in [0.15, 0.2) is 0 Å². The Morgan fingerprint density at radius 3 is 2.56 bits per heavy atom. The summed E-state index contributed by atoms with van der Waals surface area (Å²) in [7, 11) is 0. The van der Waals surface area contributed by atoms with E-state index in [0.717, 1.165) is 5.39 Å². The number of β-amino-alcohol motifs (C(OH)–C–C–N with tert-alkyl or cyclic N) is 2. The highest BCUT2D eigenvalue weighted by Gasteiger charge is 2.30. The molecule has 0 bridgehead atoms. The molecule has 0 saturated carbocycles. The molecular weight excluding hydrogens is 232 g/mol. The topological polar surface area (TPSA) is 76.6 Å². The summed E-state index contributed by atoms with van der Waals surface area (Å²) in [4.78, 5) is 16.5. The van der Waals surface area contributed by atoms with Crippen molar-refractivity contribution in [1.82, 2.24) is 4.98 Å². The molecule has 2 aromatic rings. The number of aromatic nitrogens is 1. The second kappa shape index (κ2) is 4.12. The van der Waals surface area contributed by atoms with Gasteiger partial charge >= 0.3 is 0 Å². The van der Waals surface area contributed by atoms with Gasteiger partial charge in [-0.3, -0.25) is 4.79 Å². The van der Waals surface area contributed by atoms with E-state index < -0.39 is 12.2 Å². The largest absolute Gasteiger partial charge is 0.389 e. The van der Waals surface area contributed by atoms with Crippen LogP contribution in [-0.2, 0) is 0 Å². The highest BCUT2D eigenvalue weighted by molar-refractivity contribution is 5.83. The summed E-state index contributed by atoms with van der Waals surface area (Å²) in [5, 5.41) is 20.6. The van der Waals surface area contributed by atoms with Crippen LogP contribution in [0, 0.1) is 0 Å². The van der Waals surface area contributed by atoms with Crippen molar-refractivity contribution in [3.63, 3.8) is 0 Å². The minimum atomic E-state index is -0.764. The summed E-state index contributed by atoms with van der Waals surface area (Å²) < 4.78 is 0. The smallest absolute Gasteiger partial charge is 0.257 e. The Morgan fingerprint density at radius 2 is 1.83 bits per heavy atom. The molecule has 94 valence electrons. The van der Waals surface area contributed by atoms with Crippen molar-refractivity contribution in [3.8, 4) is 0 Å². The first-order chi connectivity index (χ1) is 8.65. The van der Waals surface area contributed by atoms with Crippen molar-refractivity contribution < 1.29 is 10.2 Å². The van der Waals surface area contributed by atoms with E-state index in [1.54, 1.807) is 11.0 Å². The normalized spacial score (nSPS) is 23.8. The van der Waals surface area contributed by atoms with Crippen LogP contribution in [0.3, 0.4) is 0 Å². The first kappa shape index (κ1) is 11.3. The van der Waals surface area contributed by atoms with E-state index in [1.807, 2.05) is 24.3 Å². The number of nitrogens with zero attached hydrogens (tertiary/aromatic N) is 1. The molecule has 0 aliphatic carbocycles. The summed E-state index contributed by atoms with van der Waals surface area (Å²) in [5.74, 6) is 0.634. The van der Waals surface area contributed by atoms with E-state index >= 15 is 0 Å². The number of benzene rings is 1. The second-order valence-electron chi connectivity index (χ2n) is 4.61. The summed E-state index contributed by atoms with van der Waals surface area (Å²) in [5.41, 5.74) is -0.154. The maximum absolute atomic E-state index is 11.9. The molecule has 1 aliphatic heterocycles. The van der Waals surface area contributed by atoms with Gasteiger partial charge in [-0.05, 0) is 17.5 Å². The SMILES string of the molecule is O=c1[nH]c(N2CC(O)C(O)C2)cc2ccccc12. The van der Waals surface area contributed by atoms with Gasteiger partial charge in [0.25, 0.3) is 5.56 Å². The van der Waals surface area contributed by atoms with Gasteiger partial charge in [0.05, 0.1) is 12.2 Å². The minimum absolute atomic E-state index is 0.154. The third kappa shape index (κ3) is 1.77. The number of rotatable bonds is 1. The number of anilines is 1. The molecule has 2 unspecified atom stereocenters. The lowest BCUT2D eigenvalue weighted by Crippen LogP contribution is -2.24. The fourth-order valence-electron chi connectivity index (χ4n) is 2.33. The zero-order valence-corrected chi connectivity index (χ0v) is 9.71. The Morgan fingerprint density at radius 1 is 1.17 bits per heavy atom. The standard InChI is InChI=1S/C13H14N2O3/c16-10-6-15(7-11(10)17)12-5-8-3-1-2-4-9(8)13(18)14-12/h1-5,10-11,16-17H,6-7H2,(H,14,18). The first-order valence-corrected chi connectivity index (χ1v) is 5.88. The monoisotopic (exact) mass is 246 g/mol. The number of pyridine rings is 1. The molecule has 1 aromatic carbocycles. The van der Waals surface area contributed by atoms with Crippen LogP contribution in [0.15, 0.2) is 35.1 Å². The Balaban J connectivity index is 2.06. The lowest BCUT2D eigenvalue weighted by Gasteiger charge is -2.17. The van der Waals surface area contributed by atoms with E-state index in [9.17, 15) is 15.0 Å². The van der Waals surface area contributed by atoms with Gasteiger partial charge in [0.2, 0.25) is 0 Å². The summed E-state index contributed by atoms with van der Waals surface area (Å²) >= 11 is 0. The highest BCUT2D eigenvalue weighted by atomic mass is 16.3. The van der Waals surface area contributed by atoms with E-state index in [1.165, 1.54) is 0 Å². The Hall–Kier alpha value is -1.85. The number of hydrogen-bond acceptors (Lipinski definition) is 4. The van der Waals surface area contributed by atoms with Crippen LogP contribution in [0.4, 0.5) is 5.82 Å². The van der Waals surface area contributed by atoms with Gasteiger partial charge in [0, 0.05) is 18.5 Å². The maximum Gasteiger partial charge on any atom is 0.257 e. The van der Waals surface area contributed by atoms with E-state index in [4.69, 9.17) is 0 Å². The molecule has 18 heavy (non-hydrogen) atoms. The van der Waals surface area contributed by atoms with Crippen LogP contribution in [0.5, 0.6) is 0 Å². The highest BCUT2D eigenvalue weighted by Crippen LogP contribution is 2.20. The van der Waals surface area contributed by atoms with Crippen LogP contribution in [-0.4, -0.2) is 40.5 Å². The van der Waals surface area contributed by atoms with Crippen LogP contribution in [0.25, 0.3) is 10.8 Å². The van der Waals surface area contributed by atoms with Crippen molar-refractivity contribution in [3.05, 3.63) is 40.7 Å². The van der Waals surface area contributed by atoms with Crippen LogP contribution >= 0.6 is 0 Å². The van der Waals surface area contributed by atoms with E-state index in [-0.39, 0.29) is 5.56 Å². The second-order valence-corrected chi connectivity index (χ2v) is 4.61. The Kier molecular flexibility index (Phi) is 2.57. The number of aliphatic hydroxyl groups is 2. The van der Waals surface area contributed by atoms with Gasteiger partial charge < -0.3 is 20.1 Å². The van der Waals surface area contributed by atoms with Gasteiger partial charge in [-0.1, -0.05) is 18.2 Å². The molecule has 0 amide bonds. The number of nitrogens with one attached hydrogen (secondary N) is 1.